The largest absolute Gasteiger partial charge is 0.379 e. The van der Waals surface area contributed by atoms with Gasteiger partial charge in [-0.15, -0.1) is 24.8 Å². The molecule has 768 valence electrons. The number of carbonyl (C=O) groups excluding carboxylic acids is 2. The Morgan fingerprint density at radius 3 is 0.640 bits per heavy atom. The summed E-state index contributed by atoms with van der Waals surface area (Å²) < 4.78 is 4.94. The van der Waals surface area contributed by atoms with Crippen molar-refractivity contribution < 1.29 is 14.3 Å². The molecule has 0 atom stereocenters. The molecule has 1 aliphatic heterocycles. The van der Waals surface area contributed by atoms with Gasteiger partial charge in [0.25, 0.3) is 0 Å². The quantitative estimate of drug-likeness (QED) is 0.193. The molecule has 3 rings (SSSR count). The molecule has 0 aromatic carbocycles. The van der Waals surface area contributed by atoms with Crippen molar-refractivity contribution >= 4 is 11.7 Å². The summed E-state index contributed by atoms with van der Waals surface area (Å²) in [5, 5.41) is 0. The van der Waals surface area contributed by atoms with E-state index in [9.17, 15) is 9.59 Å². The Morgan fingerprint density at radius 2 is 0.600 bits per heavy atom. The molecular formula is C119H259N3O3. The summed E-state index contributed by atoms with van der Waals surface area (Å²) in [4.78, 5) is 27.9. The third kappa shape index (κ3) is 370. The van der Waals surface area contributed by atoms with E-state index in [0.717, 1.165) is 18.4 Å². The number of hydrogen-bond donors (Lipinski definition) is 0. The lowest BCUT2D eigenvalue weighted by atomic mass is 9.91. The Morgan fingerprint density at radius 1 is 0.400 bits per heavy atom. The van der Waals surface area contributed by atoms with E-state index in [1.54, 1.807) is 33.0 Å². The Labute approximate surface area is 804 Å². The van der Waals surface area contributed by atoms with Gasteiger partial charge in [0, 0.05) is 66.3 Å². The van der Waals surface area contributed by atoms with Gasteiger partial charge in [-0.1, -0.05) is 417 Å². The Kier molecular flexibility index (Phi) is 103. The number of methoxy groups -OCH3 is 1. The van der Waals surface area contributed by atoms with Gasteiger partial charge in [0.1, 0.15) is 5.78 Å². The number of allylic oxidation sites excluding steroid dienone is 1. The van der Waals surface area contributed by atoms with Crippen molar-refractivity contribution in [3.63, 3.8) is 0 Å². The van der Waals surface area contributed by atoms with Crippen molar-refractivity contribution in [2.24, 2.45) is 104 Å². The molecular weight excluding hydrogens is 1520 g/mol. The van der Waals surface area contributed by atoms with Crippen LogP contribution in [0.15, 0.2) is 12.7 Å². The van der Waals surface area contributed by atoms with Gasteiger partial charge in [-0.05, 0) is 254 Å². The van der Waals surface area contributed by atoms with Crippen molar-refractivity contribution in [3.05, 3.63) is 12.7 Å². The van der Waals surface area contributed by atoms with E-state index in [-0.39, 0.29) is 44.4 Å². The van der Waals surface area contributed by atoms with Crippen molar-refractivity contribution in [2.45, 2.75) is 561 Å². The van der Waals surface area contributed by atoms with Crippen molar-refractivity contribution in [1.82, 2.24) is 14.7 Å². The van der Waals surface area contributed by atoms with E-state index in [2.05, 4.69) is 434 Å². The Balaban J connectivity index is -0.0000000605. The fraction of sp³-hybridized carbons (Fsp3) is 0.916. The molecule has 1 heterocycles. The first kappa shape index (κ1) is 166. The van der Waals surface area contributed by atoms with Gasteiger partial charge in [0.15, 0.2) is 0 Å². The predicted molar refractivity (Wildman–Crippen MR) is 595 cm³/mol. The van der Waals surface area contributed by atoms with Gasteiger partial charge in [0.05, 0.1) is 5.60 Å². The second-order valence-electron chi connectivity index (χ2n) is 58.1. The van der Waals surface area contributed by atoms with E-state index >= 15 is 0 Å². The first-order chi connectivity index (χ1) is 53.4. The standard InChI is InChI=1S/C9H14.C8H17N.C7H15NO.C7H17N.C7H14.C7H12.C6H12O.2C6H14.C6H12.C6H10.C5H12O.7C5H12.2C2H6/c1-9(2,3)7-6-8-4-5-8;1-8(2,3)9-6-4-5-7-9;1-7(2,3)6(9)8(4)5;1-7(2,3)6-8(4)5;1-7(2,3)6-4-5-6;1-5-6-7(2,3)4;1-5(7)6(2,3)4;4*1-5-6(2,3)4;1-5(2,3)6-4;7*1-5(2,3)4;2*1-2/h8H,4-5H2,1-3H3;4-7H2,1-3H3;1-5H3;6H2,1-5H3;6H,4-5H2,1-3H3;2*1-4H3;2*5H2,1-4H3;5H,1H2,2-4H3;1H,2-4H3;1-4H3;7*1-4H3;2*1-2H3. The highest BCUT2D eigenvalue weighted by atomic mass is 16.5. The average Bonchev–Trinajstić information content (AvgIpc) is 1.72. The first-order valence-electron chi connectivity index (χ1n) is 49.1. The summed E-state index contributed by atoms with van der Waals surface area (Å²) in [6, 6.07) is 0. The number of amides is 1. The maximum absolute atomic E-state index is 11.1. The second kappa shape index (κ2) is 77.8. The van der Waals surface area contributed by atoms with Crippen LogP contribution in [0.4, 0.5) is 0 Å². The van der Waals surface area contributed by atoms with Crippen LogP contribution in [0.3, 0.4) is 0 Å². The fourth-order valence-corrected chi connectivity index (χ4v) is 4.88. The van der Waals surface area contributed by atoms with Crippen LogP contribution in [0, 0.1) is 140 Å². The zero-order valence-electron chi connectivity index (χ0n) is 103. The lowest BCUT2D eigenvalue weighted by molar-refractivity contribution is -0.136. The highest BCUT2D eigenvalue weighted by Crippen LogP contribution is 2.44. The number of likely N-dealkylation sites (tertiary alicyclic amines) is 1. The number of ether oxygens (including phenoxy) is 1. The fourth-order valence-electron chi connectivity index (χ4n) is 4.88. The SMILES string of the molecule is C#CC(C)(C)C.C=CC(C)(C)C.CC.CC.CC#CC(C)(C)C.CC(=O)C(C)(C)C.CC(C)(C)C.CC(C)(C)C.CC(C)(C)C.CC(C)(C)C.CC(C)(C)C.CC(C)(C)C.CC(C)(C)C.CC(C)(C)C#CC1CC1.CC(C)(C)C1CC1.CC(C)(C)N1CCCC1.CCC(C)(C)C.CCC(C)(C)C.CN(C)C(=O)C(C)(C)C.CN(C)CC(C)(C)C.COC(C)(C)C. The minimum atomic E-state index is -0.233. The average molecular weight is 1780 g/mol. The normalized spacial score (nSPS) is 13.3. The Hall–Kier alpha value is -2.56. The minimum Gasteiger partial charge on any atom is -0.379 e. The van der Waals surface area contributed by atoms with Gasteiger partial charge in [-0.3, -0.25) is 14.5 Å². The van der Waals surface area contributed by atoms with E-state index in [0.29, 0.717) is 70.5 Å². The van der Waals surface area contributed by atoms with Crippen LogP contribution < -0.4 is 0 Å². The lowest BCUT2D eigenvalue weighted by Crippen LogP contribution is -2.38. The van der Waals surface area contributed by atoms with Crippen LogP contribution in [0.25, 0.3) is 0 Å². The molecule has 0 spiro atoms. The third-order valence-electron chi connectivity index (χ3n) is 12.3. The smallest absolute Gasteiger partial charge is 0.227 e. The zero-order valence-corrected chi connectivity index (χ0v) is 103. The summed E-state index contributed by atoms with van der Waals surface area (Å²) in [6.07, 6.45) is 18.0. The number of nitrogens with zero attached hydrogens (tertiary/aromatic N) is 3. The molecule has 6 nitrogen and oxygen atoms in total. The van der Waals surface area contributed by atoms with Crippen molar-refractivity contribution in [1.29, 1.82) is 0 Å². The minimum absolute atomic E-state index is 0.0417. The first-order valence-corrected chi connectivity index (χ1v) is 49.1. The summed E-state index contributed by atoms with van der Waals surface area (Å²) in [5.41, 5.74) is 6.50. The monoisotopic (exact) mass is 1780 g/mol. The maximum atomic E-state index is 11.1. The third-order valence-corrected chi connectivity index (χ3v) is 12.3. The Bertz CT molecular complexity index is 2300. The van der Waals surface area contributed by atoms with Crippen molar-refractivity contribution in [2.75, 3.05) is 54.9 Å². The molecule has 2 saturated carbocycles. The highest BCUT2D eigenvalue weighted by molar-refractivity contribution is 5.81. The summed E-state index contributed by atoms with van der Waals surface area (Å²) in [5.74, 6) is 17.2. The number of Topliss-reactive ketones (excluding diaryl/α,β-unsaturated/α-hetero) is 1. The molecule has 6 heteroatoms. The number of ketones is 1. The van der Waals surface area contributed by atoms with Crippen LogP contribution in [-0.4, -0.2) is 92.5 Å². The van der Waals surface area contributed by atoms with Crippen LogP contribution in [0.2, 0.25) is 0 Å². The molecule has 1 saturated heterocycles. The molecule has 0 bridgehead atoms. The van der Waals surface area contributed by atoms with Gasteiger partial charge in [-0.2, -0.15) is 0 Å². The van der Waals surface area contributed by atoms with Crippen LogP contribution in [-0.2, 0) is 14.3 Å². The van der Waals surface area contributed by atoms with Crippen LogP contribution >= 0.6 is 0 Å². The van der Waals surface area contributed by atoms with Gasteiger partial charge >= 0.3 is 0 Å². The van der Waals surface area contributed by atoms with Crippen molar-refractivity contribution in [3.8, 4) is 36.0 Å². The van der Waals surface area contributed by atoms with E-state index in [1.807, 2.05) is 124 Å². The molecule has 0 N–H and O–H groups in total. The highest BCUT2D eigenvalue weighted by Gasteiger charge is 2.33. The van der Waals surface area contributed by atoms with Gasteiger partial charge in [-0.25, -0.2) is 0 Å². The topological polar surface area (TPSA) is 53.1 Å². The van der Waals surface area contributed by atoms with E-state index in [1.165, 1.54) is 64.5 Å². The molecule has 3 aliphatic rings. The summed E-state index contributed by atoms with van der Waals surface area (Å²) in [6.45, 7) is 161. The van der Waals surface area contributed by atoms with Gasteiger partial charge < -0.3 is 14.5 Å². The molecule has 3 fully saturated rings. The van der Waals surface area contributed by atoms with E-state index < -0.39 is 0 Å². The summed E-state index contributed by atoms with van der Waals surface area (Å²) in [7, 11) is 9.46. The zero-order chi connectivity index (χ0) is 107. The molecule has 0 aromatic heterocycles. The molecule has 125 heavy (non-hydrogen) atoms. The molecule has 0 unspecified atom stereocenters. The predicted octanol–water partition coefficient (Wildman–Crippen LogP) is 39.8. The summed E-state index contributed by atoms with van der Waals surface area (Å²) >= 11 is 0. The molecule has 0 radical (unpaired) electrons. The second-order valence-corrected chi connectivity index (χ2v) is 58.1. The number of carbonyl (C=O) groups is 2. The van der Waals surface area contributed by atoms with E-state index in [4.69, 9.17) is 11.2 Å². The molecule has 0 aromatic rings. The lowest BCUT2D eigenvalue weighted by Gasteiger charge is -2.31. The van der Waals surface area contributed by atoms with Crippen LogP contribution in [0.1, 0.15) is 550 Å². The molecule has 2 aliphatic carbocycles. The molecule has 1 amide bonds. The van der Waals surface area contributed by atoms with Gasteiger partial charge in [0.2, 0.25) is 5.91 Å². The number of rotatable bonds is 1. The number of terminal acetylenes is 1. The number of hydrogen-bond acceptors (Lipinski definition) is 5. The maximum Gasteiger partial charge on any atom is 0.227 e. The van der Waals surface area contributed by atoms with Crippen LogP contribution in [0.5, 0.6) is 0 Å².